The standard InChI is InChI=1S/C15H21N5O4S/c1-3-19-9-11(8-16-19)13-10-25(23,24)7-6-20(13)15(22)12-4-5-14(21)18(2)17-12/h8-9,13H,3-7,10H2,1-2H3. The van der Waals surface area contributed by atoms with Gasteiger partial charge in [-0.15, -0.1) is 0 Å². The number of aromatic nitrogens is 2. The predicted octanol–water partition coefficient (Wildman–Crippen LogP) is -0.191. The predicted molar refractivity (Wildman–Crippen MR) is 90.4 cm³/mol. The van der Waals surface area contributed by atoms with E-state index in [1.165, 1.54) is 12.1 Å². The summed E-state index contributed by atoms with van der Waals surface area (Å²) >= 11 is 0. The highest BCUT2D eigenvalue weighted by molar-refractivity contribution is 7.91. The van der Waals surface area contributed by atoms with Gasteiger partial charge in [-0.05, 0) is 6.92 Å². The van der Waals surface area contributed by atoms with Crippen LogP contribution in [0, 0.1) is 0 Å². The number of carbonyl (C=O) groups excluding carboxylic acids is 2. The van der Waals surface area contributed by atoms with Crippen molar-refractivity contribution < 1.29 is 18.0 Å². The summed E-state index contributed by atoms with van der Waals surface area (Å²) < 4.78 is 25.9. The normalized spacial score (nSPS) is 23.5. The molecule has 1 unspecified atom stereocenters. The van der Waals surface area contributed by atoms with Crippen LogP contribution in [0.15, 0.2) is 17.5 Å². The SMILES string of the molecule is CCn1cc(C2CS(=O)(=O)CCN2C(=O)C2=NN(C)C(=O)CC2)cn1. The highest BCUT2D eigenvalue weighted by Gasteiger charge is 2.38. The van der Waals surface area contributed by atoms with Crippen LogP contribution < -0.4 is 0 Å². The molecule has 1 aromatic heterocycles. The average molecular weight is 367 g/mol. The largest absolute Gasteiger partial charge is 0.328 e. The van der Waals surface area contributed by atoms with Gasteiger partial charge in [-0.2, -0.15) is 10.2 Å². The van der Waals surface area contributed by atoms with Crippen molar-refractivity contribution in [2.45, 2.75) is 32.4 Å². The van der Waals surface area contributed by atoms with Gasteiger partial charge in [-0.3, -0.25) is 14.3 Å². The highest BCUT2D eigenvalue weighted by atomic mass is 32.2. The summed E-state index contributed by atoms with van der Waals surface area (Å²) in [7, 11) is -1.72. The number of amides is 2. The fourth-order valence-corrected chi connectivity index (χ4v) is 4.54. The van der Waals surface area contributed by atoms with Crippen LogP contribution in [0.1, 0.15) is 31.4 Å². The molecule has 1 atom stereocenters. The quantitative estimate of drug-likeness (QED) is 0.736. The molecule has 1 fully saturated rings. The fraction of sp³-hybridized carbons (Fsp3) is 0.600. The van der Waals surface area contributed by atoms with Gasteiger partial charge in [0.25, 0.3) is 5.91 Å². The Morgan fingerprint density at radius 1 is 1.36 bits per heavy atom. The van der Waals surface area contributed by atoms with E-state index in [-0.39, 0.29) is 48.4 Å². The monoisotopic (exact) mass is 367 g/mol. The highest BCUT2D eigenvalue weighted by Crippen LogP contribution is 2.27. The molecule has 0 radical (unpaired) electrons. The van der Waals surface area contributed by atoms with Crippen molar-refractivity contribution >= 4 is 27.4 Å². The summed E-state index contributed by atoms with van der Waals surface area (Å²) in [4.78, 5) is 26.0. The molecule has 0 bridgehead atoms. The van der Waals surface area contributed by atoms with Crippen LogP contribution in [0.3, 0.4) is 0 Å². The smallest absolute Gasteiger partial charge is 0.270 e. The van der Waals surface area contributed by atoms with Gasteiger partial charge in [-0.1, -0.05) is 0 Å². The molecule has 0 aliphatic carbocycles. The van der Waals surface area contributed by atoms with Crippen molar-refractivity contribution in [3.8, 4) is 0 Å². The molecule has 2 amide bonds. The van der Waals surface area contributed by atoms with Crippen molar-refractivity contribution in [1.82, 2.24) is 19.7 Å². The minimum absolute atomic E-state index is 0.0702. The third kappa shape index (κ3) is 3.58. The summed E-state index contributed by atoms with van der Waals surface area (Å²) in [6, 6.07) is -0.586. The summed E-state index contributed by atoms with van der Waals surface area (Å²) in [5.41, 5.74) is 0.980. The zero-order valence-corrected chi connectivity index (χ0v) is 15.1. The number of sulfone groups is 1. The van der Waals surface area contributed by atoms with E-state index in [0.29, 0.717) is 12.1 Å². The molecule has 2 aliphatic heterocycles. The van der Waals surface area contributed by atoms with E-state index in [9.17, 15) is 18.0 Å². The summed E-state index contributed by atoms with van der Waals surface area (Å²) in [5.74, 6) is -0.655. The van der Waals surface area contributed by atoms with Gasteiger partial charge in [0, 0.05) is 44.7 Å². The van der Waals surface area contributed by atoms with Crippen LogP contribution in [0.4, 0.5) is 0 Å². The Morgan fingerprint density at radius 3 is 2.76 bits per heavy atom. The lowest BCUT2D eigenvalue weighted by Gasteiger charge is -2.35. The Balaban J connectivity index is 1.90. The number of hydrogen-bond acceptors (Lipinski definition) is 6. The van der Waals surface area contributed by atoms with Crippen LogP contribution in [0.5, 0.6) is 0 Å². The number of carbonyl (C=O) groups is 2. The van der Waals surface area contributed by atoms with E-state index in [4.69, 9.17) is 0 Å². The fourth-order valence-electron chi connectivity index (χ4n) is 3.04. The lowest BCUT2D eigenvalue weighted by atomic mass is 10.1. The topological polar surface area (TPSA) is 105 Å². The summed E-state index contributed by atoms with van der Waals surface area (Å²) in [6.45, 7) is 2.70. The Morgan fingerprint density at radius 2 is 2.12 bits per heavy atom. The van der Waals surface area contributed by atoms with Crippen molar-refractivity contribution in [2.75, 3.05) is 25.1 Å². The second kappa shape index (κ2) is 6.58. The Kier molecular flexibility index (Phi) is 4.63. The number of aryl methyl sites for hydroxylation is 1. The van der Waals surface area contributed by atoms with Crippen molar-refractivity contribution in [1.29, 1.82) is 0 Å². The molecule has 1 aromatic rings. The maximum atomic E-state index is 12.9. The van der Waals surface area contributed by atoms with Gasteiger partial charge in [0.15, 0.2) is 9.84 Å². The minimum atomic E-state index is -3.23. The van der Waals surface area contributed by atoms with Crippen molar-refractivity contribution in [3.05, 3.63) is 18.0 Å². The second-order valence-electron chi connectivity index (χ2n) is 6.22. The first-order valence-corrected chi connectivity index (χ1v) is 10.0. The second-order valence-corrected chi connectivity index (χ2v) is 8.45. The van der Waals surface area contributed by atoms with Gasteiger partial charge in [-0.25, -0.2) is 13.4 Å². The Labute approximate surface area is 146 Å². The van der Waals surface area contributed by atoms with Crippen molar-refractivity contribution in [2.24, 2.45) is 5.10 Å². The Hall–Kier alpha value is -2.23. The minimum Gasteiger partial charge on any atom is -0.328 e. The third-order valence-corrected chi connectivity index (χ3v) is 6.14. The molecule has 25 heavy (non-hydrogen) atoms. The van der Waals surface area contributed by atoms with E-state index < -0.39 is 15.9 Å². The molecule has 3 heterocycles. The molecule has 3 rings (SSSR count). The first-order chi connectivity index (χ1) is 11.8. The molecule has 0 spiro atoms. The van der Waals surface area contributed by atoms with Crippen LogP contribution in [-0.2, 0) is 26.0 Å². The zero-order valence-electron chi connectivity index (χ0n) is 14.3. The van der Waals surface area contributed by atoms with Gasteiger partial charge in [0.2, 0.25) is 5.91 Å². The molecule has 136 valence electrons. The van der Waals surface area contributed by atoms with Crippen LogP contribution in [0.2, 0.25) is 0 Å². The third-order valence-electron chi connectivity index (χ3n) is 4.51. The lowest BCUT2D eigenvalue weighted by Crippen LogP contribution is -2.49. The lowest BCUT2D eigenvalue weighted by molar-refractivity contribution is -0.131. The first kappa shape index (κ1) is 17.6. The van der Waals surface area contributed by atoms with E-state index in [2.05, 4.69) is 10.2 Å². The van der Waals surface area contributed by atoms with Crippen LogP contribution in [-0.4, -0.2) is 70.7 Å². The number of nitrogens with zero attached hydrogens (tertiary/aromatic N) is 5. The van der Waals surface area contributed by atoms with E-state index >= 15 is 0 Å². The Bertz CT molecular complexity index is 829. The van der Waals surface area contributed by atoms with E-state index in [1.54, 1.807) is 22.0 Å². The van der Waals surface area contributed by atoms with Gasteiger partial charge >= 0.3 is 0 Å². The van der Waals surface area contributed by atoms with E-state index in [1.807, 2.05) is 6.92 Å². The molecular formula is C15H21N5O4S. The molecular weight excluding hydrogens is 346 g/mol. The molecule has 0 aromatic carbocycles. The number of rotatable bonds is 3. The molecule has 0 saturated carbocycles. The van der Waals surface area contributed by atoms with Gasteiger partial charge in [0.1, 0.15) is 5.71 Å². The van der Waals surface area contributed by atoms with Crippen molar-refractivity contribution in [3.63, 3.8) is 0 Å². The maximum Gasteiger partial charge on any atom is 0.270 e. The molecule has 1 saturated heterocycles. The molecule has 10 heteroatoms. The van der Waals surface area contributed by atoms with Crippen LogP contribution >= 0.6 is 0 Å². The number of hydrazone groups is 1. The summed E-state index contributed by atoms with van der Waals surface area (Å²) in [5, 5.41) is 9.42. The summed E-state index contributed by atoms with van der Waals surface area (Å²) in [6.07, 6.45) is 3.87. The first-order valence-electron chi connectivity index (χ1n) is 8.18. The zero-order chi connectivity index (χ0) is 18.2. The van der Waals surface area contributed by atoms with Gasteiger partial charge < -0.3 is 4.90 Å². The maximum absolute atomic E-state index is 12.9. The van der Waals surface area contributed by atoms with Gasteiger partial charge in [0.05, 0.1) is 23.7 Å². The van der Waals surface area contributed by atoms with Crippen LogP contribution in [0.25, 0.3) is 0 Å². The van der Waals surface area contributed by atoms with E-state index in [0.717, 1.165) is 0 Å². The molecule has 9 nitrogen and oxygen atoms in total. The average Bonchev–Trinajstić information content (AvgIpc) is 3.05. The number of hydrogen-bond donors (Lipinski definition) is 0. The molecule has 2 aliphatic rings. The molecule has 0 N–H and O–H groups in total.